The first kappa shape index (κ1) is 19.5. The van der Waals surface area contributed by atoms with Crippen molar-refractivity contribution in [3.63, 3.8) is 0 Å². The van der Waals surface area contributed by atoms with Gasteiger partial charge in [0.15, 0.2) is 5.43 Å². The monoisotopic (exact) mass is 479 g/mol. The molecule has 2 heterocycles. The maximum atomic E-state index is 13.5. The number of hydrogen-bond acceptors (Lipinski definition) is 4. The third-order valence-corrected chi connectivity index (χ3v) is 5.90. The van der Waals surface area contributed by atoms with Crippen LogP contribution in [-0.4, -0.2) is 15.9 Å². The smallest absolute Gasteiger partial charge is 0.291 e. The first-order valence-electron chi connectivity index (χ1n) is 9.53. The molecule has 1 N–H and O–H groups in total. The maximum absolute atomic E-state index is 13.5. The molecule has 0 saturated heterocycles. The molecule has 0 radical (unpaired) electrons. The largest absolute Gasteiger partial charge is 0.508 e. The van der Waals surface area contributed by atoms with E-state index in [1.54, 1.807) is 42.5 Å². The van der Waals surface area contributed by atoms with Gasteiger partial charge in [0.25, 0.3) is 5.91 Å². The standard InChI is InChI=1S/C24H15BrFNO4/c25-15-5-10-19-18(11-15)22(29)20-21(14-3-8-17(28)9-4-14)27(24(30)23(20)31-19)12-13-1-6-16(26)7-2-13/h1-11,21,28H,12H2/t21-/m0/s1. The minimum Gasteiger partial charge on any atom is -0.508 e. The summed E-state index contributed by atoms with van der Waals surface area (Å²) >= 11 is 3.37. The summed E-state index contributed by atoms with van der Waals surface area (Å²) < 4.78 is 20.0. The van der Waals surface area contributed by atoms with Gasteiger partial charge in [-0.25, -0.2) is 4.39 Å². The summed E-state index contributed by atoms with van der Waals surface area (Å²) in [6.07, 6.45) is 0. The second-order valence-corrected chi connectivity index (χ2v) is 8.28. The van der Waals surface area contributed by atoms with Crippen molar-refractivity contribution in [2.45, 2.75) is 12.6 Å². The van der Waals surface area contributed by atoms with Crippen LogP contribution in [0, 0.1) is 5.82 Å². The topological polar surface area (TPSA) is 70.8 Å². The molecule has 1 aromatic heterocycles. The van der Waals surface area contributed by atoms with Crippen LogP contribution in [-0.2, 0) is 6.54 Å². The summed E-state index contributed by atoms with van der Waals surface area (Å²) in [5, 5.41) is 10.1. The summed E-state index contributed by atoms with van der Waals surface area (Å²) in [6, 6.07) is 16.6. The lowest BCUT2D eigenvalue weighted by molar-refractivity contribution is 0.0714. The minimum atomic E-state index is -0.701. The number of hydrogen-bond donors (Lipinski definition) is 1. The van der Waals surface area contributed by atoms with E-state index in [2.05, 4.69) is 15.9 Å². The Morgan fingerprint density at radius 1 is 1.00 bits per heavy atom. The van der Waals surface area contributed by atoms with Crippen LogP contribution < -0.4 is 5.43 Å². The van der Waals surface area contributed by atoms with E-state index in [4.69, 9.17) is 4.42 Å². The van der Waals surface area contributed by atoms with Gasteiger partial charge < -0.3 is 14.4 Å². The molecular formula is C24H15BrFNO4. The molecule has 4 aromatic rings. The van der Waals surface area contributed by atoms with Gasteiger partial charge in [0.2, 0.25) is 5.76 Å². The maximum Gasteiger partial charge on any atom is 0.291 e. The van der Waals surface area contributed by atoms with Crippen LogP contribution >= 0.6 is 15.9 Å². The van der Waals surface area contributed by atoms with Crippen molar-refractivity contribution < 1.29 is 18.7 Å². The van der Waals surface area contributed by atoms with Gasteiger partial charge in [0.1, 0.15) is 17.1 Å². The number of halogens is 2. The third kappa shape index (κ3) is 3.31. The predicted molar refractivity (Wildman–Crippen MR) is 116 cm³/mol. The van der Waals surface area contributed by atoms with Gasteiger partial charge in [-0.3, -0.25) is 9.59 Å². The molecule has 31 heavy (non-hydrogen) atoms. The molecule has 5 rings (SSSR count). The van der Waals surface area contributed by atoms with Crippen molar-refractivity contribution in [3.05, 3.63) is 110 Å². The SMILES string of the molecule is O=C1c2oc3ccc(Br)cc3c(=O)c2[C@H](c2ccc(O)cc2)N1Cc1ccc(F)cc1. The third-order valence-electron chi connectivity index (χ3n) is 5.40. The van der Waals surface area contributed by atoms with E-state index in [0.717, 1.165) is 4.47 Å². The van der Waals surface area contributed by atoms with Crippen LogP contribution in [0.2, 0.25) is 0 Å². The fourth-order valence-electron chi connectivity index (χ4n) is 3.95. The van der Waals surface area contributed by atoms with Gasteiger partial charge in [0.05, 0.1) is 17.0 Å². The second kappa shape index (κ2) is 7.35. The first-order valence-corrected chi connectivity index (χ1v) is 10.3. The highest BCUT2D eigenvalue weighted by molar-refractivity contribution is 9.10. The molecule has 154 valence electrons. The second-order valence-electron chi connectivity index (χ2n) is 7.37. The lowest BCUT2D eigenvalue weighted by Crippen LogP contribution is -2.29. The molecule has 0 bridgehead atoms. The Morgan fingerprint density at radius 2 is 1.71 bits per heavy atom. The van der Waals surface area contributed by atoms with E-state index in [-0.39, 0.29) is 34.9 Å². The molecule has 0 aliphatic carbocycles. The number of fused-ring (bicyclic) bond motifs is 2. The molecule has 0 unspecified atom stereocenters. The van der Waals surface area contributed by atoms with E-state index < -0.39 is 11.9 Å². The number of aromatic hydroxyl groups is 1. The Kier molecular flexibility index (Phi) is 4.63. The molecule has 0 fully saturated rings. The predicted octanol–water partition coefficient (Wildman–Crippen LogP) is 5.15. The first-order chi connectivity index (χ1) is 14.9. The van der Waals surface area contributed by atoms with E-state index in [0.29, 0.717) is 22.1 Å². The van der Waals surface area contributed by atoms with Crippen molar-refractivity contribution in [2.24, 2.45) is 0 Å². The fourth-order valence-corrected chi connectivity index (χ4v) is 4.31. The van der Waals surface area contributed by atoms with Gasteiger partial charge in [-0.1, -0.05) is 40.2 Å². The fraction of sp³-hybridized carbons (Fsp3) is 0.0833. The summed E-state index contributed by atoms with van der Waals surface area (Å²) in [6.45, 7) is 0.161. The van der Waals surface area contributed by atoms with Crippen LogP contribution in [0.25, 0.3) is 11.0 Å². The lowest BCUT2D eigenvalue weighted by atomic mass is 9.98. The molecule has 1 amide bonds. The molecular weight excluding hydrogens is 465 g/mol. The normalized spacial score (nSPS) is 15.5. The van der Waals surface area contributed by atoms with Crippen LogP contribution in [0.4, 0.5) is 4.39 Å². The van der Waals surface area contributed by atoms with Gasteiger partial charge in [-0.2, -0.15) is 0 Å². The van der Waals surface area contributed by atoms with Crippen molar-refractivity contribution in [1.82, 2.24) is 4.90 Å². The van der Waals surface area contributed by atoms with Crippen LogP contribution in [0.1, 0.15) is 33.3 Å². The number of benzene rings is 3. The zero-order valence-electron chi connectivity index (χ0n) is 16.0. The number of phenols is 1. The Morgan fingerprint density at radius 3 is 2.42 bits per heavy atom. The van der Waals surface area contributed by atoms with Crippen molar-refractivity contribution >= 4 is 32.8 Å². The Balaban J connectivity index is 1.72. The molecule has 0 saturated carbocycles. The number of amides is 1. The van der Waals surface area contributed by atoms with Crippen LogP contribution in [0.5, 0.6) is 5.75 Å². The van der Waals surface area contributed by atoms with Crippen molar-refractivity contribution in [3.8, 4) is 5.75 Å². The molecule has 7 heteroatoms. The number of nitrogens with zero attached hydrogens (tertiary/aromatic N) is 1. The zero-order valence-corrected chi connectivity index (χ0v) is 17.6. The van der Waals surface area contributed by atoms with E-state index in [1.165, 1.54) is 29.2 Å². The summed E-state index contributed by atoms with van der Waals surface area (Å²) in [4.78, 5) is 28.3. The van der Waals surface area contributed by atoms with Crippen LogP contribution in [0.3, 0.4) is 0 Å². The Bertz CT molecular complexity index is 1380. The highest BCUT2D eigenvalue weighted by Gasteiger charge is 2.42. The molecule has 3 aromatic carbocycles. The average molecular weight is 480 g/mol. The van der Waals surface area contributed by atoms with Gasteiger partial charge in [-0.05, 0) is 53.6 Å². The van der Waals surface area contributed by atoms with Crippen molar-refractivity contribution in [1.29, 1.82) is 0 Å². The van der Waals surface area contributed by atoms with Gasteiger partial charge in [0, 0.05) is 11.0 Å². The lowest BCUT2D eigenvalue weighted by Gasteiger charge is -2.25. The van der Waals surface area contributed by atoms with E-state index >= 15 is 0 Å². The molecule has 5 nitrogen and oxygen atoms in total. The van der Waals surface area contributed by atoms with Gasteiger partial charge in [-0.15, -0.1) is 0 Å². The molecule has 1 aliphatic heterocycles. The quantitative estimate of drug-likeness (QED) is 0.441. The van der Waals surface area contributed by atoms with Crippen LogP contribution in [0.15, 0.2) is 80.4 Å². The number of rotatable bonds is 3. The minimum absolute atomic E-state index is 0.00000845. The molecule has 1 atom stereocenters. The summed E-state index contributed by atoms with van der Waals surface area (Å²) in [5.74, 6) is -0.712. The van der Waals surface area contributed by atoms with Gasteiger partial charge >= 0.3 is 0 Å². The summed E-state index contributed by atoms with van der Waals surface area (Å²) in [7, 11) is 0. The highest BCUT2D eigenvalue weighted by atomic mass is 79.9. The molecule has 1 aliphatic rings. The summed E-state index contributed by atoms with van der Waals surface area (Å²) in [5.41, 5.74) is 1.67. The number of phenolic OH excluding ortho intramolecular Hbond substituents is 1. The van der Waals surface area contributed by atoms with E-state index in [1.807, 2.05) is 0 Å². The number of carbonyl (C=O) groups is 1. The average Bonchev–Trinajstić information content (AvgIpc) is 3.03. The zero-order chi connectivity index (χ0) is 21.7. The van der Waals surface area contributed by atoms with Crippen molar-refractivity contribution in [2.75, 3.05) is 0 Å². The molecule has 0 spiro atoms. The Labute approximate surface area is 184 Å². The Hall–Kier alpha value is -3.45. The van der Waals surface area contributed by atoms with E-state index in [9.17, 15) is 19.1 Å². The highest BCUT2D eigenvalue weighted by Crippen LogP contribution is 2.39. The number of carbonyl (C=O) groups excluding carboxylic acids is 1.